The molecule has 2 aliphatic heterocycles. The van der Waals surface area contributed by atoms with Gasteiger partial charge < -0.3 is 4.90 Å². The molecule has 1 fully saturated rings. The van der Waals surface area contributed by atoms with Crippen LogP contribution in [0.4, 0.5) is 42.1 Å². The second-order valence-electron chi connectivity index (χ2n) is 9.03. The topological polar surface area (TPSA) is 65.0 Å². The van der Waals surface area contributed by atoms with Crippen molar-refractivity contribution in [2.75, 3.05) is 29.3 Å². The van der Waals surface area contributed by atoms with Crippen molar-refractivity contribution in [3.8, 4) is 0 Å². The van der Waals surface area contributed by atoms with Crippen LogP contribution in [-0.4, -0.2) is 51.6 Å². The van der Waals surface area contributed by atoms with Crippen molar-refractivity contribution >= 4 is 27.1 Å². The zero-order chi connectivity index (χ0) is 27.2. The summed E-state index contributed by atoms with van der Waals surface area (Å²) in [6.07, 6.45) is -4.68. The fraction of sp³-hybridized carbons (Fsp3) is 0.435. The molecule has 0 aromatic heterocycles. The fourth-order valence-electron chi connectivity index (χ4n) is 4.50. The van der Waals surface area contributed by atoms with Gasteiger partial charge in [-0.05, 0) is 42.7 Å². The molecule has 1 unspecified atom stereocenters. The van der Waals surface area contributed by atoms with E-state index in [4.69, 9.17) is 0 Å². The van der Waals surface area contributed by atoms with E-state index in [-0.39, 0.29) is 6.04 Å². The van der Waals surface area contributed by atoms with E-state index in [1.165, 1.54) is 6.07 Å². The fourth-order valence-corrected chi connectivity index (χ4v) is 5.34. The Kier molecular flexibility index (Phi) is 7.18. The van der Waals surface area contributed by atoms with Gasteiger partial charge >= 0.3 is 12.1 Å². The summed E-state index contributed by atoms with van der Waals surface area (Å²) < 4.78 is 121. The van der Waals surface area contributed by atoms with Gasteiger partial charge in [0.05, 0.1) is 18.0 Å². The predicted octanol–water partition coefficient (Wildman–Crippen LogP) is 4.99. The average Bonchev–Trinajstić information content (AvgIpc) is 3.24. The maximum Gasteiger partial charge on any atom is 0.459 e. The summed E-state index contributed by atoms with van der Waals surface area (Å²) in [5.74, 6) is -7.36. The number of hydrogen-bond acceptors (Lipinski definition) is 5. The van der Waals surface area contributed by atoms with Crippen molar-refractivity contribution in [2.24, 2.45) is 5.10 Å². The molecule has 0 radical (unpaired) electrons. The third-order valence-electron chi connectivity index (χ3n) is 6.28. The third-order valence-corrected chi connectivity index (χ3v) is 7.04. The Morgan fingerprint density at radius 1 is 1.00 bits per heavy atom. The smallest absolute Gasteiger partial charge is 0.371 e. The zero-order valence-corrected chi connectivity index (χ0v) is 20.3. The molecule has 0 spiro atoms. The first-order chi connectivity index (χ1) is 17.2. The SMILES string of the molecule is CS(=O)(=O)NC1CCN(c2cccc(C3CC(C(F)(F)C(F)(F)F)=NN3c3ccc(F)cc3F)c2)CC1. The molecule has 37 heavy (non-hydrogen) atoms. The van der Waals surface area contributed by atoms with E-state index in [0.29, 0.717) is 43.2 Å². The van der Waals surface area contributed by atoms with Crippen LogP contribution in [0.5, 0.6) is 0 Å². The first-order valence-electron chi connectivity index (χ1n) is 11.2. The summed E-state index contributed by atoms with van der Waals surface area (Å²) in [5, 5.41) is 4.20. The lowest BCUT2D eigenvalue weighted by atomic mass is 9.97. The van der Waals surface area contributed by atoms with Gasteiger partial charge in [-0.1, -0.05) is 12.1 Å². The molecular weight excluding hydrogens is 529 g/mol. The maximum absolute atomic E-state index is 14.6. The van der Waals surface area contributed by atoms with Crippen LogP contribution < -0.4 is 14.6 Å². The number of piperidine rings is 1. The Balaban J connectivity index is 1.64. The molecule has 0 saturated carbocycles. The first kappa shape index (κ1) is 27.2. The lowest BCUT2D eigenvalue weighted by Crippen LogP contribution is -2.44. The van der Waals surface area contributed by atoms with Crippen LogP contribution in [0.25, 0.3) is 0 Å². The van der Waals surface area contributed by atoms with Crippen molar-refractivity contribution in [1.29, 1.82) is 0 Å². The molecule has 2 aliphatic rings. The molecule has 4 rings (SSSR count). The monoisotopic (exact) mass is 552 g/mol. The number of nitrogens with one attached hydrogen (secondary N) is 1. The molecule has 6 nitrogen and oxygen atoms in total. The summed E-state index contributed by atoms with van der Waals surface area (Å²) in [7, 11) is -3.37. The van der Waals surface area contributed by atoms with Crippen LogP contribution in [0.2, 0.25) is 0 Å². The molecule has 2 aromatic rings. The van der Waals surface area contributed by atoms with Gasteiger partial charge in [-0.25, -0.2) is 21.9 Å². The maximum atomic E-state index is 14.6. The minimum atomic E-state index is -5.90. The summed E-state index contributed by atoms with van der Waals surface area (Å²) >= 11 is 0. The quantitative estimate of drug-likeness (QED) is 0.514. The van der Waals surface area contributed by atoms with Crippen LogP contribution in [0.1, 0.15) is 30.9 Å². The number of nitrogens with zero attached hydrogens (tertiary/aromatic N) is 3. The van der Waals surface area contributed by atoms with Crippen LogP contribution in [0.15, 0.2) is 47.6 Å². The highest BCUT2D eigenvalue weighted by molar-refractivity contribution is 7.88. The Morgan fingerprint density at radius 2 is 1.68 bits per heavy atom. The van der Waals surface area contributed by atoms with Gasteiger partial charge in [-0.2, -0.15) is 27.1 Å². The minimum Gasteiger partial charge on any atom is -0.371 e. The number of halogens is 7. The lowest BCUT2D eigenvalue weighted by Gasteiger charge is -2.34. The van der Waals surface area contributed by atoms with Gasteiger partial charge in [-0.3, -0.25) is 5.01 Å². The number of hydrogen-bond donors (Lipinski definition) is 1. The molecule has 1 atom stereocenters. The highest BCUT2D eigenvalue weighted by Crippen LogP contribution is 2.45. The van der Waals surface area contributed by atoms with E-state index in [1.807, 2.05) is 4.90 Å². The molecule has 0 amide bonds. The molecule has 2 aromatic carbocycles. The number of anilines is 2. The van der Waals surface area contributed by atoms with E-state index in [1.54, 1.807) is 18.2 Å². The zero-order valence-electron chi connectivity index (χ0n) is 19.4. The Morgan fingerprint density at radius 3 is 2.27 bits per heavy atom. The molecule has 1 N–H and O–H groups in total. The van der Waals surface area contributed by atoms with Crippen molar-refractivity contribution in [3.63, 3.8) is 0 Å². The van der Waals surface area contributed by atoms with Gasteiger partial charge in [0.15, 0.2) is 5.82 Å². The molecule has 0 bridgehead atoms. The van der Waals surface area contributed by atoms with E-state index in [9.17, 15) is 39.2 Å². The van der Waals surface area contributed by atoms with E-state index >= 15 is 0 Å². The molecular formula is C23H23F7N4O2S. The lowest BCUT2D eigenvalue weighted by molar-refractivity contribution is -0.249. The van der Waals surface area contributed by atoms with Crippen molar-refractivity contribution < 1.29 is 39.2 Å². The van der Waals surface area contributed by atoms with Gasteiger partial charge in [0.2, 0.25) is 10.0 Å². The number of alkyl halides is 5. The van der Waals surface area contributed by atoms with Gasteiger partial charge in [0.25, 0.3) is 0 Å². The molecule has 202 valence electrons. The standard InChI is InChI=1S/C23H23F7N4O2S/c1-37(35,36)32-16-7-9-33(10-8-16)17-4-2-3-14(11-17)20-13-21(22(26,27)23(28,29)30)31-34(20)19-6-5-15(24)12-18(19)25/h2-6,11-12,16,20,32H,7-10,13H2,1H3. The summed E-state index contributed by atoms with van der Waals surface area (Å²) in [4.78, 5) is 1.92. The summed E-state index contributed by atoms with van der Waals surface area (Å²) in [6.45, 7) is 0.928. The highest BCUT2D eigenvalue weighted by atomic mass is 32.2. The van der Waals surface area contributed by atoms with Crippen LogP contribution >= 0.6 is 0 Å². The van der Waals surface area contributed by atoms with Gasteiger partial charge in [0, 0.05) is 37.3 Å². The number of rotatable bonds is 6. The largest absolute Gasteiger partial charge is 0.459 e. The number of hydrazone groups is 1. The second kappa shape index (κ2) is 9.78. The molecule has 14 heteroatoms. The minimum absolute atomic E-state index is 0.248. The van der Waals surface area contributed by atoms with Crippen LogP contribution in [-0.2, 0) is 10.0 Å². The van der Waals surface area contributed by atoms with Crippen molar-refractivity contribution in [1.82, 2.24) is 4.72 Å². The summed E-state index contributed by atoms with van der Waals surface area (Å²) in [6, 6.07) is 7.22. The molecule has 0 aliphatic carbocycles. The van der Waals surface area contributed by atoms with E-state index in [0.717, 1.165) is 23.4 Å². The number of benzene rings is 2. The third kappa shape index (κ3) is 5.84. The Bertz CT molecular complexity index is 1290. The van der Waals surface area contributed by atoms with Gasteiger partial charge in [-0.15, -0.1) is 0 Å². The predicted molar refractivity (Wildman–Crippen MR) is 124 cm³/mol. The van der Waals surface area contributed by atoms with Gasteiger partial charge in [0.1, 0.15) is 11.5 Å². The highest BCUT2D eigenvalue weighted by Gasteiger charge is 2.63. The van der Waals surface area contributed by atoms with E-state index < -0.39 is 57.6 Å². The Labute approximate surface area is 208 Å². The first-order valence-corrected chi connectivity index (χ1v) is 13.1. The molecule has 2 heterocycles. The van der Waals surface area contributed by atoms with Crippen molar-refractivity contribution in [2.45, 2.75) is 43.4 Å². The molecule has 1 saturated heterocycles. The van der Waals surface area contributed by atoms with Crippen LogP contribution in [0.3, 0.4) is 0 Å². The second-order valence-corrected chi connectivity index (χ2v) is 10.8. The number of sulfonamides is 1. The summed E-state index contributed by atoms with van der Waals surface area (Å²) in [5.41, 5.74) is -0.996. The van der Waals surface area contributed by atoms with Crippen LogP contribution in [0, 0.1) is 11.6 Å². The average molecular weight is 553 g/mol. The van der Waals surface area contributed by atoms with Crippen molar-refractivity contribution in [3.05, 3.63) is 59.7 Å². The normalized spacial score (nSPS) is 19.9. The van der Waals surface area contributed by atoms with E-state index in [2.05, 4.69) is 9.82 Å². The Hall–Kier alpha value is -2.87.